The topological polar surface area (TPSA) is 148 Å². The molecule has 0 aliphatic carbocycles. The number of aromatic carboxylic acids is 1. The predicted molar refractivity (Wildman–Crippen MR) is 154 cm³/mol. The Morgan fingerprint density at radius 3 is 1.56 bits per heavy atom. The van der Waals surface area contributed by atoms with Crippen LogP contribution in [0.25, 0.3) is 0 Å². The van der Waals surface area contributed by atoms with Crippen LogP contribution in [0.15, 0.2) is 66.7 Å². The average Bonchev–Trinajstić information content (AvgIpc) is 2.93. The number of carboxylic acids is 1. The first kappa shape index (κ1) is 29.9. The third kappa shape index (κ3) is 9.89. The highest BCUT2D eigenvalue weighted by Gasteiger charge is 2.11. The number of hydrogen-bond acceptors (Lipinski definition) is 7. The van der Waals surface area contributed by atoms with Gasteiger partial charge in [0.1, 0.15) is 0 Å². The third-order valence-corrected chi connectivity index (χ3v) is 5.55. The molecule has 0 aliphatic heterocycles. The molecule has 0 fully saturated rings. The van der Waals surface area contributed by atoms with Crippen LogP contribution in [0.4, 0.5) is 21.0 Å². The molecule has 10 nitrogen and oxygen atoms in total. The van der Waals surface area contributed by atoms with E-state index in [4.69, 9.17) is 20.9 Å². The SMILES string of the molecule is CN(Cc1cccc(N)c1)C(=O)OCC#Cc1cc(C#CCOC(=O)N(C)Cc2cccc(N)c2)cc(C(=O)O)c1. The van der Waals surface area contributed by atoms with Gasteiger partial charge in [-0.05, 0) is 53.6 Å². The Labute approximate surface area is 238 Å². The molecule has 0 aliphatic rings. The van der Waals surface area contributed by atoms with E-state index in [1.807, 2.05) is 12.1 Å². The number of benzene rings is 3. The van der Waals surface area contributed by atoms with E-state index < -0.39 is 18.2 Å². The fourth-order valence-corrected chi connectivity index (χ4v) is 3.65. The first-order valence-electron chi connectivity index (χ1n) is 12.4. The van der Waals surface area contributed by atoms with Crippen LogP contribution in [-0.4, -0.2) is 60.4 Å². The Bertz CT molecular complexity index is 1440. The second kappa shape index (κ2) is 14.5. The summed E-state index contributed by atoms with van der Waals surface area (Å²) in [5, 5.41) is 9.46. The molecule has 0 heterocycles. The quantitative estimate of drug-likeness (QED) is 0.295. The molecule has 0 atom stereocenters. The summed E-state index contributed by atoms with van der Waals surface area (Å²) in [6, 6.07) is 18.7. The molecular weight excluding hydrogens is 524 g/mol. The Balaban J connectivity index is 1.55. The monoisotopic (exact) mass is 554 g/mol. The lowest BCUT2D eigenvalue weighted by Crippen LogP contribution is -2.27. The van der Waals surface area contributed by atoms with Gasteiger partial charge in [-0.2, -0.15) is 0 Å². The fraction of sp³-hybridized carbons (Fsp3) is 0.194. The Kier molecular flexibility index (Phi) is 10.6. The zero-order chi connectivity index (χ0) is 29.8. The highest BCUT2D eigenvalue weighted by molar-refractivity contribution is 5.88. The lowest BCUT2D eigenvalue weighted by Gasteiger charge is -2.16. The average molecular weight is 555 g/mol. The van der Waals surface area contributed by atoms with E-state index >= 15 is 0 Å². The van der Waals surface area contributed by atoms with Gasteiger partial charge < -0.3 is 35.8 Å². The molecule has 5 N–H and O–H groups in total. The number of nitrogen functional groups attached to an aromatic ring is 2. The van der Waals surface area contributed by atoms with Crippen molar-refractivity contribution < 1.29 is 29.0 Å². The first-order valence-corrected chi connectivity index (χ1v) is 12.4. The van der Waals surface area contributed by atoms with Crippen LogP contribution in [0.5, 0.6) is 0 Å². The third-order valence-electron chi connectivity index (χ3n) is 5.55. The van der Waals surface area contributed by atoms with Gasteiger partial charge in [-0.3, -0.25) is 0 Å². The van der Waals surface area contributed by atoms with Gasteiger partial charge in [-0.15, -0.1) is 0 Å². The zero-order valence-electron chi connectivity index (χ0n) is 22.7. The second-order valence-electron chi connectivity index (χ2n) is 9.02. The van der Waals surface area contributed by atoms with Gasteiger partial charge in [0.25, 0.3) is 0 Å². The lowest BCUT2D eigenvalue weighted by atomic mass is 10.1. The normalized spacial score (nSPS) is 9.80. The van der Waals surface area contributed by atoms with E-state index in [1.165, 1.54) is 21.9 Å². The summed E-state index contributed by atoms with van der Waals surface area (Å²) in [6.07, 6.45) is -1.14. The molecule has 0 bridgehead atoms. The van der Waals surface area contributed by atoms with Crippen LogP contribution < -0.4 is 11.5 Å². The van der Waals surface area contributed by atoms with E-state index in [1.54, 1.807) is 56.6 Å². The van der Waals surface area contributed by atoms with Crippen LogP contribution in [0.1, 0.15) is 32.6 Å². The molecule has 41 heavy (non-hydrogen) atoms. The number of carbonyl (C=O) groups excluding carboxylic acids is 2. The number of carboxylic acid groups (broad SMARTS) is 1. The summed E-state index contributed by atoms with van der Waals surface area (Å²) in [4.78, 5) is 38.8. The number of carbonyl (C=O) groups is 3. The summed E-state index contributed by atoms with van der Waals surface area (Å²) < 4.78 is 10.4. The van der Waals surface area contributed by atoms with E-state index in [9.17, 15) is 19.5 Å². The van der Waals surface area contributed by atoms with Crippen LogP contribution in [0.2, 0.25) is 0 Å². The molecule has 0 unspecified atom stereocenters. The number of amides is 2. The van der Waals surface area contributed by atoms with Crippen molar-refractivity contribution >= 4 is 29.5 Å². The number of ether oxygens (including phenoxy) is 2. The maximum atomic E-state index is 12.2. The van der Waals surface area contributed by atoms with Gasteiger partial charge in [0.2, 0.25) is 0 Å². The summed E-state index contributed by atoms with van der Waals surface area (Å²) >= 11 is 0. The maximum absolute atomic E-state index is 12.2. The Morgan fingerprint density at radius 2 is 1.17 bits per heavy atom. The minimum Gasteiger partial charge on any atom is -0.478 e. The highest BCUT2D eigenvalue weighted by atomic mass is 16.6. The molecule has 0 radical (unpaired) electrons. The summed E-state index contributed by atoms with van der Waals surface area (Å²) in [6.45, 7) is 0.233. The Hall–Kier alpha value is -5.61. The Morgan fingerprint density at radius 1 is 0.732 bits per heavy atom. The molecule has 3 aromatic rings. The van der Waals surface area contributed by atoms with Crippen molar-refractivity contribution in [2.75, 3.05) is 38.8 Å². The van der Waals surface area contributed by atoms with Crippen LogP contribution in [0.3, 0.4) is 0 Å². The van der Waals surface area contributed by atoms with Gasteiger partial charge in [0.15, 0.2) is 13.2 Å². The fourth-order valence-electron chi connectivity index (χ4n) is 3.65. The molecular formula is C31H30N4O6. The minimum atomic E-state index is -1.15. The highest BCUT2D eigenvalue weighted by Crippen LogP contribution is 2.12. The summed E-state index contributed by atoms with van der Waals surface area (Å²) in [7, 11) is 3.18. The molecule has 10 heteroatoms. The molecule has 0 saturated heterocycles. The predicted octanol–water partition coefficient (Wildman–Crippen LogP) is 3.79. The van der Waals surface area contributed by atoms with Gasteiger partial charge >= 0.3 is 18.2 Å². The van der Waals surface area contributed by atoms with Crippen molar-refractivity contribution in [2.45, 2.75) is 13.1 Å². The largest absolute Gasteiger partial charge is 0.478 e. The van der Waals surface area contributed by atoms with Crippen molar-refractivity contribution in [2.24, 2.45) is 0 Å². The van der Waals surface area contributed by atoms with Crippen LogP contribution in [-0.2, 0) is 22.6 Å². The van der Waals surface area contributed by atoms with Gasteiger partial charge in [0.05, 0.1) is 5.56 Å². The number of anilines is 2. The van der Waals surface area contributed by atoms with Crippen molar-refractivity contribution in [1.82, 2.24) is 9.80 Å². The second-order valence-corrected chi connectivity index (χ2v) is 9.02. The molecule has 3 rings (SSSR count). The van der Waals surface area contributed by atoms with Gasteiger partial charge in [-0.25, -0.2) is 14.4 Å². The summed E-state index contributed by atoms with van der Waals surface area (Å²) in [5.74, 6) is 9.84. The van der Waals surface area contributed by atoms with Crippen LogP contribution >= 0.6 is 0 Å². The molecule has 0 saturated carbocycles. The van der Waals surface area contributed by atoms with Crippen molar-refractivity contribution in [3.8, 4) is 23.7 Å². The molecule has 0 spiro atoms. The number of rotatable bonds is 7. The van der Waals surface area contributed by atoms with Crippen molar-refractivity contribution in [3.05, 3.63) is 94.5 Å². The van der Waals surface area contributed by atoms with Gasteiger partial charge in [-0.1, -0.05) is 47.9 Å². The zero-order valence-corrected chi connectivity index (χ0v) is 22.7. The van der Waals surface area contributed by atoms with Crippen LogP contribution in [0, 0.1) is 23.7 Å². The van der Waals surface area contributed by atoms with E-state index in [0.717, 1.165) is 11.1 Å². The summed E-state index contributed by atoms with van der Waals surface area (Å²) in [5.41, 5.74) is 15.2. The number of hydrogen-bond donors (Lipinski definition) is 3. The van der Waals surface area contributed by atoms with E-state index in [-0.39, 0.29) is 18.8 Å². The smallest absolute Gasteiger partial charge is 0.410 e. The maximum Gasteiger partial charge on any atom is 0.410 e. The van der Waals surface area contributed by atoms with Gasteiger partial charge in [0, 0.05) is 49.7 Å². The number of nitrogens with two attached hydrogens (primary N) is 2. The van der Waals surface area contributed by atoms with Crippen molar-refractivity contribution in [1.29, 1.82) is 0 Å². The first-order chi connectivity index (χ1) is 19.6. The van der Waals surface area contributed by atoms with E-state index in [2.05, 4.69) is 23.7 Å². The van der Waals surface area contributed by atoms with E-state index in [0.29, 0.717) is 35.6 Å². The number of nitrogens with zero attached hydrogens (tertiary/aromatic N) is 2. The molecule has 0 aromatic heterocycles. The minimum absolute atomic E-state index is 0.0150. The standard InChI is InChI=1S/C31H30N4O6/c1-34(20-24-7-3-11-27(32)18-24)30(38)40-13-5-9-22-15-23(17-26(16-22)29(36)37)10-6-14-41-31(39)35(2)21-25-8-4-12-28(33)19-25/h3-4,7-8,11-12,15-19H,13-14,20-21,32-33H2,1-2H3,(H,36,37). The molecule has 210 valence electrons. The molecule has 3 aromatic carbocycles. The van der Waals surface area contributed by atoms with Crippen molar-refractivity contribution in [3.63, 3.8) is 0 Å². The lowest BCUT2D eigenvalue weighted by molar-refractivity contribution is 0.0696. The molecule has 2 amide bonds.